The van der Waals surface area contributed by atoms with Gasteiger partial charge in [0.05, 0.1) is 0 Å². The Balaban J connectivity index is 1.65. The SMILES string of the molecule is CCN1CCN(CCNC(=O)Nc2ccccc2C)CC1. The van der Waals surface area contributed by atoms with Crippen LogP contribution in [0.3, 0.4) is 0 Å². The van der Waals surface area contributed by atoms with Crippen LogP contribution in [0.2, 0.25) is 0 Å². The molecular formula is C16H26N4O. The number of urea groups is 1. The smallest absolute Gasteiger partial charge is 0.319 e. The molecule has 1 aromatic rings. The monoisotopic (exact) mass is 290 g/mol. The molecule has 2 N–H and O–H groups in total. The van der Waals surface area contributed by atoms with Crippen LogP contribution in [0.1, 0.15) is 12.5 Å². The van der Waals surface area contributed by atoms with Gasteiger partial charge in [0.15, 0.2) is 0 Å². The number of para-hydroxylation sites is 1. The number of amides is 2. The lowest BCUT2D eigenvalue weighted by Gasteiger charge is -2.33. The first-order valence-corrected chi connectivity index (χ1v) is 7.74. The van der Waals surface area contributed by atoms with Crippen molar-refractivity contribution in [2.75, 3.05) is 51.1 Å². The van der Waals surface area contributed by atoms with Gasteiger partial charge >= 0.3 is 6.03 Å². The van der Waals surface area contributed by atoms with E-state index in [2.05, 4.69) is 27.4 Å². The maximum atomic E-state index is 11.9. The fraction of sp³-hybridized carbons (Fsp3) is 0.562. The molecule has 5 nitrogen and oxygen atoms in total. The van der Waals surface area contributed by atoms with Gasteiger partial charge in [-0.05, 0) is 25.1 Å². The van der Waals surface area contributed by atoms with E-state index in [1.807, 2.05) is 31.2 Å². The molecule has 21 heavy (non-hydrogen) atoms. The molecule has 0 bridgehead atoms. The first kappa shape index (κ1) is 15.8. The Morgan fingerprint density at radius 3 is 2.48 bits per heavy atom. The summed E-state index contributed by atoms with van der Waals surface area (Å²) in [6.07, 6.45) is 0. The second kappa shape index (κ2) is 8.00. The third kappa shape index (κ3) is 5.02. The summed E-state index contributed by atoms with van der Waals surface area (Å²) in [6.45, 7) is 11.4. The van der Waals surface area contributed by atoms with E-state index in [-0.39, 0.29) is 6.03 Å². The molecule has 1 aliphatic rings. The van der Waals surface area contributed by atoms with E-state index < -0.39 is 0 Å². The summed E-state index contributed by atoms with van der Waals surface area (Å²) >= 11 is 0. The quantitative estimate of drug-likeness (QED) is 0.868. The second-order valence-corrected chi connectivity index (χ2v) is 5.47. The van der Waals surface area contributed by atoms with Gasteiger partial charge in [-0.2, -0.15) is 0 Å². The highest BCUT2D eigenvalue weighted by atomic mass is 16.2. The molecule has 0 radical (unpaired) electrons. The largest absolute Gasteiger partial charge is 0.337 e. The number of carbonyl (C=O) groups is 1. The summed E-state index contributed by atoms with van der Waals surface area (Å²) < 4.78 is 0. The standard InChI is InChI=1S/C16H26N4O/c1-3-19-10-12-20(13-11-19)9-8-17-16(21)18-15-7-5-4-6-14(15)2/h4-7H,3,8-13H2,1-2H3,(H2,17,18,21). The van der Waals surface area contributed by atoms with Crippen LogP contribution in [0, 0.1) is 6.92 Å². The molecule has 0 atom stereocenters. The molecule has 0 saturated carbocycles. The highest BCUT2D eigenvalue weighted by Crippen LogP contribution is 2.12. The van der Waals surface area contributed by atoms with Crippen molar-refractivity contribution in [3.8, 4) is 0 Å². The van der Waals surface area contributed by atoms with Crippen LogP contribution in [0.5, 0.6) is 0 Å². The van der Waals surface area contributed by atoms with Crippen molar-refractivity contribution < 1.29 is 4.79 Å². The molecule has 1 aliphatic heterocycles. The zero-order valence-electron chi connectivity index (χ0n) is 13.1. The minimum absolute atomic E-state index is 0.128. The Bertz CT molecular complexity index is 455. The van der Waals surface area contributed by atoms with E-state index in [0.717, 1.165) is 50.5 Å². The Morgan fingerprint density at radius 2 is 1.81 bits per heavy atom. The van der Waals surface area contributed by atoms with E-state index in [1.54, 1.807) is 0 Å². The molecule has 1 heterocycles. The number of piperazine rings is 1. The minimum atomic E-state index is -0.128. The van der Waals surface area contributed by atoms with Crippen LogP contribution in [0.15, 0.2) is 24.3 Å². The number of aryl methyl sites for hydroxylation is 1. The van der Waals surface area contributed by atoms with Gasteiger partial charge in [0.2, 0.25) is 0 Å². The Hall–Kier alpha value is -1.59. The van der Waals surface area contributed by atoms with E-state index in [9.17, 15) is 4.79 Å². The van der Waals surface area contributed by atoms with Crippen LogP contribution >= 0.6 is 0 Å². The number of anilines is 1. The first-order chi connectivity index (χ1) is 10.2. The molecule has 1 aromatic carbocycles. The predicted molar refractivity (Wildman–Crippen MR) is 86.8 cm³/mol. The van der Waals surface area contributed by atoms with Crippen molar-refractivity contribution in [2.24, 2.45) is 0 Å². The van der Waals surface area contributed by atoms with Crippen LogP contribution in [0.25, 0.3) is 0 Å². The molecular weight excluding hydrogens is 264 g/mol. The predicted octanol–water partition coefficient (Wildman–Crippen LogP) is 1.75. The molecule has 0 aliphatic carbocycles. The highest BCUT2D eigenvalue weighted by Gasteiger charge is 2.14. The first-order valence-electron chi connectivity index (χ1n) is 7.74. The lowest BCUT2D eigenvalue weighted by Crippen LogP contribution is -2.48. The fourth-order valence-corrected chi connectivity index (χ4v) is 2.54. The number of benzene rings is 1. The number of hydrogen-bond donors (Lipinski definition) is 2. The van der Waals surface area contributed by atoms with Crippen LogP contribution in [-0.2, 0) is 0 Å². The normalized spacial score (nSPS) is 16.7. The topological polar surface area (TPSA) is 47.6 Å². The van der Waals surface area contributed by atoms with Gasteiger partial charge in [-0.15, -0.1) is 0 Å². The van der Waals surface area contributed by atoms with Crippen molar-refractivity contribution >= 4 is 11.7 Å². The van der Waals surface area contributed by atoms with Gasteiger partial charge in [-0.1, -0.05) is 25.1 Å². The molecule has 116 valence electrons. The maximum absolute atomic E-state index is 11.9. The summed E-state index contributed by atoms with van der Waals surface area (Å²) in [7, 11) is 0. The number of likely N-dealkylation sites (N-methyl/N-ethyl adjacent to an activating group) is 1. The van der Waals surface area contributed by atoms with E-state index in [0.29, 0.717) is 6.54 Å². The van der Waals surface area contributed by atoms with E-state index >= 15 is 0 Å². The Labute approximate surface area is 127 Å². The van der Waals surface area contributed by atoms with Gasteiger partial charge in [-0.25, -0.2) is 4.79 Å². The molecule has 1 saturated heterocycles. The van der Waals surface area contributed by atoms with E-state index in [4.69, 9.17) is 0 Å². The molecule has 0 aromatic heterocycles. The van der Waals surface area contributed by atoms with Crippen molar-refractivity contribution in [3.05, 3.63) is 29.8 Å². The summed E-state index contributed by atoms with van der Waals surface area (Å²) in [5.41, 5.74) is 1.94. The zero-order chi connectivity index (χ0) is 15.1. The molecule has 2 rings (SSSR count). The molecule has 0 spiro atoms. The number of nitrogens with zero attached hydrogens (tertiary/aromatic N) is 2. The van der Waals surface area contributed by atoms with Gasteiger partial charge in [0.1, 0.15) is 0 Å². The minimum Gasteiger partial charge on any atom is -0.337 e. The van der Waals surface area contributed by atoms with Crippen molar-refractivity contribution in [3.63, 3.8) is 0 Å². The number of hydrogen-bond acceptors (Lipinski definition) is 3. The lowest BCUT2D eigenvalue weighted by atomic mass is 10.2. The molecule has 5 heteroatoms. The van der Waals surface area contributed by atoms with Crippen molar-refractivity contribution in [2.45, 2.75) is 13.8 Å². The Kier molecular flexibility index (Phi) is 6.02. The van der Waals surface area contributed by atoms with Crippen LogP contribution in [0.4, 0.5) is 10.5 Å². The fourth-order valence-electron chi connectivity index (χ4n) is 2.54. The summed E-state index contributed by atoms with van der Waals surface area (Å²) in [5.74, 6) is 0. The highest BCUT2D eigenvalue weighted by molar-refractivity contribution is 5.89. The Morgan fingerprint density at radius 1 is 1.14 bits per heavy atom. The third-order valence-electron chi connectivity index (χ3n) is 4.02. The molecule has 1 fully saturated rings. The van der Waals surface area contributed by atoms with Gasteiger partial charge in [0.25, 0.3) is 0 Å². The molecule has 0 unspecified atom stereocenters. The van der Waals surface area contributed by atoms with Crippen molar-refractivity contribution in [1.29, 1.82) is 0 Å². The van der Waals surface area contributed by atoms with Crippen LogP contribution in [-0.4, -0.2) is 61.6 Å². The summed E-state index contributed by atoms with van der Waals surface area (Å²) in [4.78, 5) is 16.7. The van der Waals surface area contributed by atoms with Gasteiger partial charge in [0, 0.05) is 45.0 Å². The summed E-state index contributed by atoms with van der Waals surface area (Å²) in [6, 6.07) is 7.67. The molecule has 2 amide bonds. The van der Waals surface area contributed by atoms with Crippen LogP contribution < -0.4 is 10.6 Å². The second-order valence-electron chi connectivity index (χ2n) is 5.47. The number of nitrogens with one attached hydrogen (secondary N) is 2. The third-order valence-corrected chi connectivity index (χ3v) is 4.02. The average molecular weight is 290 g/mol. The number of carbonyl (C=O) groups excluding carboxylic acids is 1. The zero-order valence-corrected chi connectivity index (χ0v) is 13.1. The summed E-state index contributed by atoms with van der Waals surface area (Å²) in [5, 5.41) is 5.81. The van der Waals surface area contributed by atoms with Gasteiger partial charge in [-0.3, -0.25) is 4.90 Å². The lowest BCUT2D eigenvalue weighted by molar-refractivity contribution is 0.138. The number of rotatable bonds is 5. The van der Waals surface area contributed by atoms with E-state index in [1.165, 1.54) is 0 Å². The van der Waals surface area contributed by atoms with Gasteiger partial charge < -0.3 is 15.5 Å². The average Bonchev–Trinajstić information content (AvgIpc) is 2.50. The maximum Gasteiger partial charge on any atom is 0.319 e. The van der Waals surface area contributed by atoms with Crippen molar-refractivity contribution in [1.82, 2.24) is 15.1 Å².